The van der Waals surface area contributed by atoms with E-state index in [0.29, 0.717) is 18.0 Å². The SMILES string of the molecule is CCc1nn(C)cc1NS(=O)(=O)c1ccc(CCCl)cc1. The Morgan fingerprint density at radius 3 is 2.52 bits per heavy atom. The van der Waals surface area contributed by atoms with E-state index in [1.165, 1.54) is 0 Å². The van der Waals surface area contributed by atoms with Crippen LogP contribution in [0, 0.1) is 0 Å². The van der Waals surface area contributed by atoms with Gasteiger partial charge in [0.2, 0.25) is 0 Å². The van der Waals surface area contributed by atoms with Gasteiger partial charge in [0.05, 0.1) is 16.3 Å². The van der Waals surface area contributed by atoms with Gasteiger partial charge in [0.25, 0.3) is 10.0 Å². The molecule has 0 saturated heterocycles. The molecule has 0 fully saturated rings. The van der Waals surface area contributed by atoms with Crippen LogP contribution in [-0.4, -0.2) is 24.1 Å². The van der Waals surface area contributed by atoms with Gasteiger partial charge >= 0.3 is 0 Å². The summed E-state index contributed by atoms with van der Waals surface area (Å²) in [6.45, 7) is 1.93. The first-order valence-electron chi connectivity index (χ1n) is 6.66. The second-order valence-electron chi connectivity index (χ2n) is 4.71. The second-order valence-corrected chi connectivity index (χ2v) is 6.77. The third-order valence-corrected chi connectivity index (χ3v) is 4.67. The Labute approximate surface area is 130 Å². The molecular weight excluding hydrogens is 310 g/mol. The predicted molar refractivity (Wildman–Crippen MR) is 84.3 cm³/mol. The topological polar surface area (TPSA) is 64.0 Å². The summed E-state index contributed by atoms with van der Waals surface area (Å²) in [7, 11) is -1.84. The Kier molecular flexibility index (Phi) is 4.90. The van der Waals surface area contributed by atoms with Gasteiger partial charge in [-0.25, -0.2) is 8.42 Å². The first-order chi connectivity index (χ1) is 9.96. The van der Waals surface area contributed by atoms with E-state index in [4.69, 9.17) is 11.6 Å². The molecule has 0 spiro atoms. The summed E-state index contributed by atoms with van der Waals surface area (Å²) in [5.74, 6) is 0.514. The fourth-order valence-corrected chi connectivity index (χ4v) is 3.32. The average molecular weight is 328 g/mol. The summed E-state index contributed by atoms with van der Waals surface area (Å²) in [6, 6.07) is 6.74. The lowest BCUT2D eigenvalue weighted by atomic mass is 10.2. The molecule has 0 atom stereocenters. The number of sulfonamides is 1. The number of rotatable bonds is 6. The summed E-state index contributed by atoms with van der Waals surface area (Å²) >= 11 is 5.67. The molecule has 21 heavy (non-hydrogen) atoms. The number of anilines is 1. The highest BCUT2D eigenvalue weighted by Gasteiger charge is 2.17. The van der Waals surface area contributed by atoms with Gasteiger partial charge in [-0.15, -0.1) is 11.6 Å². The zero-order valence-corrected chi connectivity index (χ0v) is 13.6. The maximum Gasteiger partial charge on any atom is 0.262 e. The van der Waals surface area contributed by atoms with Gasteiger partial charge in [-0.05, 0) is 30.5 Å². The Morgan fingerprint density at radius 1 is 1.29 bits per heavy atom. The summed E-state index contributed by atoms with van der Waals surface area (Å²) in [5, 5.41) is 4.22. The summed E-state index contributed by atoms with van der Waals surface area (Å²) < 4.78 is 28.9. The zero-order valence-electron chi connectivity index (χ0n) is 12.0. The molecular formula is C14H18ClN3O2S. The van der Waals surface area contributed by atoms with Crippen LogP contribution in [0.25, 0.3) is 0 Å². The average Bonchev–Trinajstić information content (AvgIpc) is 2.79. The number of halogens is 1. The number of aryl methyl sites for hydroxylation is 3. The van der Waals surface area contributed by atoms with Crippen molar-refractivity contribution in [2.75, 3.05) is 10.6 Å². The lowest BCUT2D eigenvalue weighted by molar-refractivity contribution is 0.601. The molecule has 0 amide bonds. The van der Waals surface area contributed by atoms with Crippen LogP contribution < -0.4 is 4.72 Å². The second kappa shape index (κ2) is 6.49. The number of hydrogen-bond acceptors (Lipinski definition) is 3. The molecule has 2 aromatic rings. The van der Waals surface area contributed by atoms with Gasteiger partial charge in [-0.2, -0.15) is 5.10 Å². The van der Waals surface area contributed by atoms with Crippen molar-refractivity contribution in [3.8, 4) is 0 Å². The highest BCUT2D eigenvalue weighted by molar-refractivity contribution is 7.92. The van der Waals surface area contributed by atoms with Gasteiger partial charge in [0.1, 0.15) is 0 Å². The number of benzene rings is 1. The van der Waals surface area contributed by atoms with Crippen LogP contribution in [0.15, 0.2) is 35.4 Å². The molecule has 2 rings (SSSR count). The van der Waals surface area contributed by atoms with Gasteiger partial charge in [0.15, 0.2) is 0 Å². The number of alkyl halides is 1. The Hall–Kier alpha value is -1.53. The largest absolute Gasteiger partial charge is 0.276 e. The van der Waals surface area contributed by atoms with E-state index >= 15 is 0 Å². The van der Waals surface area contributed by atoms with Crippen molar-refractivity contribution in [3.05, 3.63) is 41.7 Å². The molecule has 0 aliphatic carbocycles. The van der Waals surface area contributed by atoms with Gasteiger partial charge in [-0.1, -0.05) is 19.1 Å². The van der Waals surface area contributed by atoms with Crippen molar-refractivity contribution in [3.63, 3.8) is 0 Å². The predicted octanol–water partition coefficient (Wildman–Crippen LogP) is 2.56. The molecule has 1 aromatic heterocycles. The number of aromatic nitrogens is 2. The summed E-state index contributed by atoms with van der Waals surface area (Å²) in [4.78, 5) is 0.228. The van der Waals surface area contributed by atoms with Crippen molar-refractivity contribution in [2.24, 2.45) is 7.05 Å². The smallest absolute Gasteiger partial charge is 0.262 e. The minimum Gasteiger partial charge on any atom is -0.276 e. The number of nitrogens with one attached hydrogen (secondary N) is 1. The lowest BCUT2D eigenvalue weighted by Gasteiger charge is -2.08. The number of nitrogens with zero attached hydrogens (tertiary/aromatic N) is 2. The molecule has 0 aliphatic heterocycles. The van der Waals surface area contributed by atoms with E-state index in [2.05, 4.69) is 9.82 Å². The molecule has 5 nitrogen and oxygen atoms in total. The Balaban J connectivity index is 2.25. The molecule has 1 heterocycles. The van der Waals surface area contributed by atoms with Crippen LogP contribution in [0.5, 0.6) is 0 Å². The fourth-order valence-electron chi connectivity index (χ4n) is 2.03. The van der Waals surface area contributed by atoms with E-state index in [0.717, 1.165) is 17.7 Å². The third kappa shape index (κ3) is 3.77. The first kappa shape index (κ1) is 15.9. The Bertz CT molecular complexity index is 708. The molecule has 0 aliphatic rings. The third-order valence-electron chi connectivity index (χ3n) is 3.10. The molecule has 0 unspecified atom stereocenters. The van der Waals surface area contributed by atoms with Crippen LogP contribution in [0.3, 0.4) is 0 Å². The summed E-state index contributed by atoms with van der Waals surface area (Å²) in [5.41, 5.74) is 2.25. The van der Waals surface area contributed by atoms with E-state index in [9.17, 15) is 8.42 Å². The van der Waals surface area contributed by atoms with Crippen molar-refractivity contribution in [1.29, 1.82) is 0 Å². The van der Waals surface area contributed by atoms with Crippen LogP contribution in [0.4, 0.5) is 5.69 Å². The van der Waals surface area contributed by atoms with Crippen LogP contribution in [0.1, 0.15) is 18.2 Å². The van der Waals surface area contributed by atoms with E-state index < -0.39 is 10.0 Å². The van der Waals surface area contributed by atoms with Gasteiger partial charge < -0.3 is 0 Å². The summed E-state index contributed by atoms with van der Waals surface area (Å²) in [6.07, 6.45) is 3.05. The van der Waals surface area contributed by atoms with Crippen molar-refractivity contribution >= 4 is 27.3 Å². The minimum atomic E-state index is -3.60. The molecule has 1 aromatic carbocycles. The molecule has 0 saturated carbocycles. The van der Waals surface area contributed by atoms with E-state index in [1.807, 2.05) is 6.92 Å². The quantitative estimate of drug-likeness (QED) is 0.829. The fraction of sp³-hybridized carbons (Fsp3) is 0.357. The van der Waals surface area contributed by atoms with Crippen LogP contribution in [0.2, 0.25) is 0 Å². The van der Waals surface area contributed by atoms with Crippen LogP contribution >= 0.6 is 11.6 Å². The minimum absolute atomic E-state index is 0.228. The van der Waals surface area contributed by atoms with Gasteiger partial charge in [0, 0.05) is 19.1 Å². The zero-order chi connectivity index (χ0) is 15.5. The normalized spacial score (nSPS) is 11.6. The molecule has 0 radical (unpaired) electrons. The molecule has 114 valence electrons. The molecule has 7 heteroatoms. The van der Waals surface area contributed by atoms with E-state index in [-0.39, 0.29) is 4.90 Å². The highest BCUT2D eigenvalue weighted by Crippen LogP contribution is 2.20. The number of hydrogen-bond donors (Lipinski definition) is 1. The maximum absolute atomic E-state index is 12.4. The van der Waals surface area contributed by atoms with Gasteiger partial charge in [-0.3, -0.25) is 9.40 Å². The van der Waals surface area contributed by atoms with Crippen molar-refractivity contribution in [2.45, 2.75) is 24.7 Å². The standard InChI is InChI=1S/C14H18ClN3O2S/c1-3-13-14(10-18(2)16-13)17-21(19,20)12-6-4-11(5-7-12)8-9-15/h4-7,10,17H,3,8-9H2,1-2H3. The van der Waals surface area contributed by atoms with Crippen molar-refractivity contribution < 1.29 is 8.42 Å². The lowest BCUT2D eigenvalue weighted by Crippen LogP contribution is -2.13. The monoisotopic (exact) mass is 327 g/mol. The van der Waals surface area contributed by atoms with Crippen LogP contribution in [-0.2, 0) is 29.9 Å². The van der Waals surface area contributed by atoms with E-state index in [1.54, 1.807) is 42.2 Å². The first-order valence-corrected chi connectivity index (χ1v) is 8.68. The Morgan fingerprint density at radius 2 is 1.95 bits per heavy atom. The highest BCUT2D eigenvalue weighted by atomic mass is 35.5. The molecule has 0 bridgehead atoms. The maximum atomic E-state index is 12.4. The van der Waals surface area contributed by atoms with Crippen molar-refractivity contribution in [1.82, 2.24) is 9.78 Å². The molecule has 1 N–H and O–H groups in total.